The quantitative estimate of drug-likeness (QED) is 0.130. The van der Waals surface area contributed by atoms with Crippen LogP contribution < -0.4 is 9.47 Å². The average molecular weight is 646 g/mol. The van der Waals surface area contributed by atoms with E-state index in [0.717, 1.165) is 18.2 Å². The molecule has 40 heavy (non-hydrogen) atoms. The Morgan fingerprint density at radius 1 is 0.650 bits per heavy atom. The van der Waals surface area contributed by atoms with E-state index in [1.54, 1.807) is 0 Å². The second-order valence-corrected chi connectivity index (χ2v) is 9.25. The Hall–Kier alpha value is -2.39. The van der Waals surface area contributed by atoms with Crippen molar-refractivity contribution < 1.29 is 92.3 Å². The zero-order valence-electron chi connectivity index (χ0n) is 19.0. The molecule has 0 fully saturated rings. The molecule has 1 aromatic carbocycles. The molecule has 0 unspecified atom stereocenters. The minimum Gasteiger partial charge on any atom is -0.487 e. The van der Waals surface area contributed by atoms with Gasteiger partial charge in [0.1, 0.15) is 13.2 Å². The van der Waals surface area contributed by atoms with E-state index in [9.17, 15) is 78.7 Å². The lowest BCUT2D eigenvalue weighted by Gasteiger charge is -2.42. The van der Waals surface area contributed by atoms with Gasteiger partial charge in [0.2, 0.25) is 0 Å². The molecule has 22 heteroatoms. The normalized spacial score (nSPS) is 14.9. The van der Waals surface area contributed by atoms with Crippen LogP contribution in [0.25, 0.3) is 0 Å². The summed E-state index contributed by atoms with van der Waals surface area (Å²) in [5.74, 6) is -57.2. The Morgan fingerprint density at radius 3 is 1.48 bits per heavy atom. The van der Waals surface area contributed by atoms with Crippen LogP contribution >= 0.6 is 0 Å². The molecular formula is C18H14F16O5S. The molecule has 0 radical (unpaired) electrons. The number of alkyl halides is 16. The monoisotopic (exact) mass is 646 g/mol. The molecule has 0 bridgehead atoms. The average Bonchev–Trinajstić information content (AvgIpc) is 2.79. The van der Waals surface area contributed by atoms with Gasteiger partial charge in [0.05, 0.1) is 6.26 Å². The summed E-state index contributed by atoms with van der Waals surface area (Å²) in [5.41, 5.74) is 0. The van der Waals surface area contributed by atoms with Crippen LogP contribution in [0, 0.1) is 0 Å². The van der Waals surface area contributed by atoms with E-state index >= 15 is 0 Å². The van der Waals surface area contributed by atoms with Crippen LogP contribution in [0.4, 0.5) is 70.2 Å². The lowest BCUT2D eigenvalue weighted by atomic mass is 9.89. The van der Waals surface area contributed by atoms with E-state index in [0.29, 0.717) is 12.3 Å². The highest BCUT2D eigenvalue weighted by atomic mass is 32.2. The molecule has 0 saturated carbocycles. The molecule has 0 aromatic heterocycles. The van der Waals surface area contributed by atoms with Gasteiger partial charge in [-0.25, -0.2) is 8.78 Å². The number of hydrogen-bond acceptors (Lipinski definition) is 5. The molecule has 1 rings (SSSR count). The molecule has 0 saturated heterocycles. The van der Waals surface area contributed by atoms with Gasteiger partial charge in [-0.2, -0.15) is 69.9 Å². The van der Waals surface area contributed by atoms with Crippen molar-refractivity contribution in [2.24, 2.45) is 0 Å². The topological polar surface area (TPSA) is 61.8 Å². The predicted octanol–water partition coefficient (Wildman–Crippen LogP) is 6.13. The van der Waals surface area contributed by atoms with E-state index in [2.05, 4.69) is 8.92 Å². The number of halogens is 16. The van der Waals surface area contributed by atoms with Gasteiger partial charge in [-0.1, -0.05) is 12.1 Å². The summed E-state index contributed by atoms with van der Waals surface area (Å²) >= 11 is 0. The summed E-state index contributed by atoms with van der Waals surface area (Å²) in [5, 5.41) is 0. The lowest BCUT2D eigenvalue weighted by Crippen LogP contribution is -2.74. The van der Waals surface area contributed by atoms with E-state index in [1.165, 1.54) is 0 Å². The van der Waals surface area contributed by atoms with Crippen molar-refractivity contribution in [2.45, 2.75) is 47.9 Å². The summed E-state index contributed by atoms with van der Waals surface area (Å²) in [4.78, 5) is 0. The zero-order valence-corrected chi connectivity index (χ0v) is 19.8. The van der Waals surface area contributed by atoms with Gasteiger partial charge < -0.3 is 9.47 Å². The van der Waals surface area contributed by atoms with Gasteiger partial charge in [0.15, 0.2) is 18.1 Å². The first-order valence-corrected chi connectivity index (χ1v) is 11.6. The number of rotatable bonds is 15. The maximum Gasteiger partial charge on any atom is 0.385 e. The number of hydrogen-bond donors (Lipinski definition) is 0. The third-order valence-corrected chi connectivity index (χ3v) is 5.22. The van der Waals surface area contributed by atoms with Crippen molar-refractivity contribution in [3.63, 3.8) is 0 Å². The molecule has 0 heterocycles. The van der Waals surface area contributed by atoms with Crippen molar-refractivity contribution in [3.05, 3.63) is 24.3 Å². The van der Waals surface area contributed by atoms with Gasteiger partial charge in [-0.3, -0.25) is 4.18 Å². The summed E-state index contributed by atoms with van der Waals surface area (Å²) < 4.78 is 249. The summed E-state index contributed by atoms with van der Waals surface area (Å²) in [6, 6.07) is 3.38. The molecule has 0 amide bonds. The molecular weight excluding hydrogens is 632 g/mol. The SMILES string of the molecule is CS(=O)(=O)OCCOc1ccccc1OCC(F)(F)C(F)(F)C(F)(F)C(F)(F)C(F)(F)C(F)(F)C(F)(F)C(F)F. The lowest BCUT2D eigenvalue weighted by molar-refractivity contribution is -0.447. The minimum absolute atomic E-state index is 0.604. The fourth-order valence-electron chi connectivity index (χ4n) is 2.45. The first kappa shape index (κ1) is 35.6. The molecule has 0 N–H and O–H groups in total. The van der Waals surface area contributed by atoms with Gasteiger partial charge in [-0.05, 0) is 12.1 Å². The number of benzene rings is 1. The van der Waals surface area contributed by atoms with Gasteiger partial charge in [0.25, 0.3) is 10.1 Å². The molecule has 0 aliphatic heterocycles. The van der Waals surface area contributed by atoms with E-state index in [4.69, 9.17) is 4.74 Å². The van der Waals surface area contributed by atoms with Crippen LogP contribution in [0.5, 0.6) is 11.5 Å². The molecule has 5 nitrogen and oxygen atoms in total. The Kier molecular flexibility index (Phi) is 9.91. The van der Waals surface area contributed by atoms with Gasteiger partial charge >= 0.3 is 47.9 Å². The third-order valence-electron chi connectivity index (χ3n) is 4.63. The summed E-state index contributed by atoms with van der Waals surface area (Å²) in [6.07, 6.45) is -5.32. The Labute approximate surface area is 213 Å². The van der Waals surface area contributed by atoms with Crippen molar-refractivity contribution in [3.8, 4) is 11.5 Å². The molecule has 0 spiro atoms. The van der Waals surface area contributed by atoms with E-state index in [1.807, 2.05) is 0 Å². The summed E-state index contributed by atoms with van der Waals surface area (Å²) in [6.45, 7) is -4.54. The van der Waals surface area contributed by atoms with Crippen molar-refractivity contribution in [1.82, 2.24) is 0 Å². The summed E-state index contributed by atoms with van der Waals surface area (Å²) in [7, 11) is -4.00. The van der Waals surface area contributed by atoms with E-state index < -0.39 is 89.3 Å². The maximum absolute atomic E-state index is 14.0. The van der Waals surface area contributed by atoms with Crippen LogP contribution in [-0.4, -0.2) is 82.4 Å². The smallest absolute Gasteiger partial charge is 0.385 e. The zero-order chi connectivity index (χ0) is 31.8. The van der Waals surface area contributed by atoms with Crippen LogP contribution in [0.3, 0.4) is 0 Å². The Bertz CT molecular complexity index is 1120. The highest BCUT2D eigenvalue weighted by molar-refractivity contribution is 7.85. The number of ether oxygens (including phenoxy) is 2. The third kappa shape index (κ3) is 6.25. The standard InChI is InChI=1S/C18H14F16O5S/c1-40(35,36)39-7-6-37-9-4-2-3-5-10(9)38-8-12(21,22)14(25,26)16(29,30)18(33,34)17(31,32)15(27,28)13(23,24)11(19)20/h2-5,11H,6-8H2,1H3. The highest BCUT2D eigenvalue weighted by Gasteiger charge is 2.93. The molecule has 0 atom stereocenters. The first-order chi connectivity index (χ1) is 17.6. The predicted molar refractivity (Wildman–Crippen MR) is 98.9 cm³/mol. The van der Waals surface area contributed by atoms with Crippen molar-refractivity contribution >= 4 is 10.1 Å². The molecule has 1 aromatic rings. The molecule has 0 aliphatic carbocycles. The van der Waals surface area contributed by atoms with Gasteiger partial charge in [-0.15, -0.1) is 0 Å². The first-order valence-electron chi connectivity index (χ1n) is 9.73. The molecule has 0 aliphatic rings. The van der Waals surface area contributed by atoms with E-state index in [-0.39, 0.29) is 0 Å². The van der Waals surface area contributed by atoms with Crippen LogP contribution in [-0.2, 0) is 14.3 Å². The van der Waals surface area contributed by atoms with Crippen LogP contribution in [0.15, 0.2) is 24.3 Å². The highest BCUT2D eigenvalue weighted by Crippen LogP contribution is 2.62. The minimum atomic E-state index is -8.50. The second-order valence-electron chi connectivity index (χ2n) is 7.61. The Balaban J connectivity index is 3.29. The second kappa shape index (κ2) is 11.1. The largest absolute Gasteiger partial charge is 0.487 e. The van der Waals surface area contributed by atoms with Crippen LogP contribution in [0.1, 0.15) is 0 Å². The maximum atomic E-state index is 14.0. The Morgan fingerprint density at radius 2 is 1.05 bits per heavy atom. The van der Waals surface area contributed by atoms with Crippen LogP contribution in [0.2, 0.25) is 0 Å². The van der Waals surface area contributed by atoms with Crippen molar-refractivity contribution in [1.29, 1.82) is 0 Å². The fourth-order valence-corrected chi connectivity index (χ4v) is 2.82. The molecule has 234 valence electrons. The number of para-hydroxylation sites is 2. The van der Waals surface area contributed by atoms with Crippen molar-refractivity contribution in [2.75, 3.05) is 26.1 Å². The fraction of sp³-hybridized carbons (Fsp3) is 0.667. The van der Waals surface area contributed by atoms with Gasteiger partial charge in [0, 0.05) is 0 Å².